The Morgan fingerprint density at radius 2 is 1.51 bits per heavy atom. The molecule has 2 fully saturated rings. The molecule has 8 nitrogen and oxygen atoms in total. The van der Waals surface area contributed by atoms with Gasteiger partial charge in [-0.25, -0.2) is 0 Å². The van der Waals surface area contributed by atoms with E-state index in [1.54, 1.807) is 18.2 Å². The van der Waals surface area contributed by atoms with Crippen LogP contribution in [0.2, 0.25) is 0 Å². The lowest BCUT2D eigenvalue weighted by Crippen LogP contribution is -2.44. The lowest BCUT2D eigenvalue weighted by Gasteiger charge is -2.34. The van der Waals surface area contributed by atoms with Gasteiger partial charge in [0.25, 0.3) is 11.7 Å². The van der Waals surface area contributed by atoms with Crippen LogP contribution in [0.3, 0.4) is 0 Å². The number of benzene rings is 3. The molecule has 8 heteroatoms. The smallest absolute Gasteiger partial charge is 0.300 e. The summed E-state index contributed by atoms with van der Waals surface area (Å²) >= 11 is 0. The molecule has 1 unspecified atom stereocenters. The second-order valence-electron chi connectivity index (χ2n) is 9.96. The SMILES string of the molecule is COc1ccc(/C(O)=C2/C(=O)C(=O)N(c3ccc(N4CCN(C)CC4)cc3)C2c2cccc(C)c2)cc1OC. The fraction of sp³-hybridized carbons (Fsp3) is 0.290. The van der Waals surface area contributed by atoms with E-state index in [0.717, 1.165) is 43.0 Å². The number of carbonyl (C=O) groups is 2. The molecular weight excluding hydrogens is 494 g/mol. The molecule has 2 aliphatic heterocycles. The van der Waals surface area contributed by atoms with Gasteiger partial charge in [-0.2, -0.15) is 0 Å². The molecule has 1 N–H and O–H groups in total. The average Bonchev–Trinajstić information content (AvgIpc) is 3.22. The van der Waals surface area contributed by atoms with Gasteiger partial charge in [0, 0.05) is 43.1 Å². The predicted octanol–water partition coefficient (Wildman–Crippen LogP) is 4.39. The van der Waals surface area contributed by atoms with Crippen molar-refractivity contribution in [2.24, 2.45) is 0 Å². The summed E-state index contributed by atoms with van der Waals surface area (Å²) in [5.41, 5.74) is 3.76. The molecule has 2 saturated heterocycles. The van der Waals surface area contributed by atoms with Crippen LogP contribution in [0.4, 0.5) is 11.4 Å². The van der Waals surface area contributed by atoms with Crippen molar-refractivity contribution in [1.82, 2.24) is 4.90 Å². The highest BCUT2D eigenvalue weighted by Gasteiger charge is 2.47. The molecule has 3 aromatic carbocycles. The summed E-state index contributed by atoms with van der Waals surface area (Å²) in [6.45, 7) is 5.78. The molecular formula is C31H33N3O5. The van der Waals surface area contributed by atoms with Crippen LogP contribution in [-0.4, -0.2) is 69.1 Å². The number of ketones is 1. The van der Waals surface area contributed by atoms with Crippen LogP contribution >= 0.6 is 0 Å². The summed E-state index contributed by atoms with van der Waals surface area (Å²) in [7, 11) is 5.14. The van der Waals surface area contributed by atoms with E-state index in [1.807, 2.05) is 55.5 Å². The molecule has 5 rings (SSSR count). The largest absolute Gasteiger partial charge is 0.507 e. The summed E-state index contributed by atoms with van der Waals surface area (Å²) in [4.78, 5) is 33.1. The minimum atomic E-state index is -0.799. The first kappa shape index (κ1) is 26.3. The van der Waals surface area contributed by atoms with E-state index in [0.29, 0.717) is 22.7 Å². The van der Waals surface area contributed by atoms with E-state index in [2.05, 4.69) is 16.8 Å². The van der Waals surface area contributed by atoms with E-state index in [1.165, 1.54) is 19.1 Å². The quantitative estimate of drug-likeness (QED) is 0.289. The minimum Gasteiger partial charge on any atom is -0.507 e. The molecule has 3 aromatic rings. The zero-order chi connectivity index (χ0) is 27.7. The molecule has 0 aromatic heterocycles. The second-order valence-corrected chi connectivity index (χ2v) is 9.96. The molecule has 0 radical (unpaired) electrons. The zero-order valence-electron chi connectivity index (χ0n) is 22.7. The Morgan fingerprint density at radius 3 is 2.15 bits per heavy atom. The standard InChI is InChI=1S/C31H33N3O5/c1-20-6-5-7-21(18-20)28-27(29(35)22-8-13-25(38-3)26(19-22)39-4)30(36)31(37)34(28)24-11-9-23(10-12-24)33-16-14-32(2)15-17-33/h5-13,18-19,28,35H,14-17H2,1-4H3/b29-27-. The number of anilines is 2. The lowest BCUT2D eigenvalue weighted by molar-refractivity contribution is -0.132. The monoisotopic (exact) mass is 527 g/mol. The zero-order valence-corrected chi connectivity index (χ0v) is 22.7. The Labute approximate surface area is 228 Å². The van der Waals surface area contributed by atoms with Crippen LogP contribution < -0.4 is 19.3 Å². The van der Waals surface area contributed by atoms with Crippen molar-refractivity contribution < 1.29 is 24.2 Å². The summed E-state index contributed by atoms with van der Waals surface area (Å²) in [5, 5.41) is 11.5. The number of hydrogen-bond acceptors (Lipinski definition) is 7. The maximum absolute atomic E-state index is 13.5. The first-order chi connectivity index (χ1) is 18.8. The number of ether oxygens (including phenoxy) is 2. The first-order valence-electron chi connectivity index (χ1n) is 13.0. The van der Waals surface area contributed by atoms with Crippen LogP contribution in [0.15, 0.2) is 72.3 Å². The number of nitrogens with zero attached hydrogens (tertiary/aromatic N) is 3. The Bertz CT molecular complexity index is 1420. The number of Topliss-reactive ketones (excluding diaryl/α,β-unsaturated/α-hetero) is 1. The van der Waals surface area contributed by atoms with Crippen LogP contribution in [0.25, 0.3) is 5.76 Å². The van der Waals surface area contributed by atoms with Crippen LogP contribution in [0.5, 0.6) is 11.5 Å². The van der Waals surface area contributed by atoms with E-state index < -0.39 is 17.7 Å². The number of hydrogen-bond donors (Lipinski definition) is 1. The van der Waals surface area contributed by atoms with Crippen LogP contribution in [0.1, 0.15) is 22.7 Å². The molecule has 2 heterocycles. The molecule has 2 aliphatic rings. The van der Waals surface area contributed by atoms with Crippen molar-refractivity contribution in [3.63, 3.8) is 0 Å². The van der Waals surface area contributed by atoms with E-state index in [4.69, 9.17) is 9.47 Å². The molecule has 1 amide bonds. The highest BCUT2D eigenvalue weighted by molar-refractivity contribution is 6.51. The van der Waals surface area contributed by atoms with Gasteiger partial charge in [0.15, 0.2) is 11.5 Å². The molecule has 0 saturated carbocycles. The van der Waals surface area contributed by atoms with E-state index >= 15 is 0 Å². The van der Waals surface area contributed by atoms with Crippen molar-refractivity contribution in [2.45, 2.75) is 13.0 Å². The number of aliphatic hydroxyl groups excluding tert-OH is 1. The van der Waals surface area contributed by atoms with Crippen molar-refractivity contribution in [3.8, 4) is 11.5 Å². The fourth-order valence-electron chi connectivity index (χ4n) is 5.28. The summed E-state index contributed by atoms with van der Waals surface area (Å²) in [6, 6.07) is 19.5. The van der Waals surface area contributed by atoms with Gasteiger partial charge in [0.1, 0.15) is 5.76 Å². The van der Waals surface area contributed by atoms with Gasteiger partial charge in [-0.05, 0) is 62.0 Å². The number of carbonyl (C=O) groups excluding carboxylic acids is 2. The van der Waals surface area contributed by atoms with Gasteiger partial charge >= 0.3 is 0 Å². The number of methoxy groups -OCH3 is 2. The maximum atomic E-state index is 13.5. The Balaban J connectivity index is 1.59. The predicted molar refractivity (Wildman–Crippen MR) is 152 cm³/mol. The van der Waals surface area contributed by atoms with Gasteiger partial charge in [-0.1, -0.05) is 29.8 Å². The lowest BCUT2D eigenvalue weighted by atomic mass is 9.94. The molecule has 39 heavy (non-hydrogen) atoms. The van der Waals surface area contributed by atoms with Crippen LogP contribution in [-0.2, 0) is 9.59 Å². The van der Waals surface area contributed by atoms with Gasteiger partial charge in [0.2, 0.25) is 0 Å². The van der Waals surface area contributed by atoms with Gasteiger partial charge in [-0.3, -0.25) is 14.5 Å². The van der Waals surface area contributed by atoms with Gasteiger partial charge in [0.05, 0.1) is 25.8 Å². The summed E-state index contributed by atoms with van der Waals surface area (Å²) in [6.07, 6.45) is 0. The van der Waals surface area contributed by atoms with Crippen molar-refractivity contribution in [1.29, 1.82) is 0 Å². The van der Waals surface area contributed by atoms with Crippen molar-refractivity contribution >= 4 is 28.8 Å². The third-order valence-corrected chi connectivity index (χ3v) is 7.46. The van der Waals surface area contributed by atoms with E-state index in [-0.39, 0.29) is 11.3 Å². The third kappa shape index (κ3) is 4.95. The fourth-order valence-corrected chi connectivity index (χ4v) is 5.28. The minimum absolute atomic E-state index is 0.0287. The molecule has 1 atom stereocenters. The summed E-state index contributed by atoms with van der Waals surface area (Å²) < 4.78 is 10.7. The topological polar surface area (TPSA) is 82.5 Å². The van der Waals surface area contributed by atoms with Gasteiger partial charge < -0.3 is 24.4 Å². The number of aryl methyl sites for hydroxylation is 1. The third-order valence-electron chi connectivity index (χ3n) is 7.46. The van der Waals surface area contributed by atoms with Crippen LogP contribution in [0, 0.1) is 6.92 Å². The number of piperazine rings is 1. The molecule has 0 bridgehead atoms. The summed E-state index contributed by atoms with van der Waals surface area (Å²) in [5.74, 6) is -0.794. The van der Waals surface area contributed by atoms with Crippen molar-refractivity contribution in [3.05, 3.63) is 89.0 Å². The number of rotatable bonds is 6. The van der Waals surface area contributed by atoms with Gasteiger partial charge in [-0.15, -0.1) is 0 Å². The Kier molecular flexibility index (Phi) is 7.30. The Hall–Kier alpha value is -4.30. The highest BCUT2D eigenvalue weighted by Crippen LogP contribution is 2.43. The molecule has 0 aliphatic carbocycles. The molecule has 0 spiro atoms. The first-order valence-corrected chi connectivity index (χ1v) is 13.0. The maximum Gasteiger partial charge on any atom is 0.300 e. The average molecular weight is 528 g/mol. The van der Waals surface area contributed by atoms with Crippen molar-refractivity contribution in [2.75, 3.05) is 57.2 Å². The number of aliphatic hydroxyl groups is 1. The Morgan fingerprint density at radius 1 is 0.846 bits per heavy atom. The highest BCUT2D eigenvalue weighted by atomic mass is 16.5. The molecule has 202 valence electrons. The second kappa shape index (κ2) is 10.8. The number of amides is 1. The number of likely N-dealkylation sites (N-methyl/N-ethyl adjacent to an activating group) is 1. The normalized spacial score (nSPS) is 19.4. The van der Waals surface area contributed by atoms with E-state index in [9.17, 15) is 14.7 Å².